The van der Waals surface area contributed by atoms with Gasteiger partial charge in [0.2, 0.25) is 0 Å². The Labute approximate surface area is 197 Å². The summed E-state index contributed by atoms with van der Waals surface area (Å²) in [6, 6.07) is 30.5. The van der Waals surface area contributed by atoms with E-state index in [0.29, 0.717) is 0 Å². The van der Waals surface area contributed by atoms with Crippen LogP contribution in [0.1, 0.15) is 37.7 Å². The van der Waals surface area contributed by atoms with Gasteiger partial charge in [-0.05, 0) is 65.2 Å². The lowest BCUT2D eigenvalue weighted by Crippen LogP contribution is -2.30. The largest absolute Gasteiger partial charge is 0.371 e. The highest BCUT2D eigenvalue weighted by atomic mass is 32.4. The molecule has 1 fully saturated rings. The fourth-order valence-electron chi connectivity index (χ4n) is 5.11. The Kier molecular flexibility index (Phi) is 6.44. The molecule has 1 aliphatic heterocycles. The van der Waals surface area contributed by atoms with Crippen molar-refractivity contribution in [3.63, 3.8) is 0 Å². The Morgan fingerprint density at radius 3 is 1.75 bits per heavy atom. The lowest BCUT2D eigenvalue weighted by Gasteiger charge is -2.34. The van der Waals surface area contributed by atoms with Gasteiger partial charge in [0, 0.05) is 24.8 Å². The first kappa shape index (κ1) is 21.4. The van der Waals surface area contributed by atoms with Crippen LogP contribution in [0.15, 0.2) is 108 Å². The minimum Gasteiger partial charge on any atom is -0.371 e. The second-order valence-corrected chi connectivity index (χ2v) is 13.1. The van der Waals surface area contributed by atoms with Gasteiger partial charge in [-0.1, -0.05) is 103 Å². The number of rotatable bonds is 5. The van der Waals surface area contributed by atoms with Gasteiger partial charge in [-0.15, -0.1) is 0 Å². The van der Waals surface area contributed by atoms with Crippen molar-refractivity contribution < 1.29 is 0 Å². The number of allylic oxidation sites excluding steroid dienone is 2. The van der Waals surface area contributed by atoms with Crippen molar-refractivity contribution in [1.82, 2.24) is 4.90 Å². The van der Waals surface area contributed by atoms with Crippen molar-refractivity contribution >= 4 is 34.5 Å². The molecule has 32 heavy (non-hydrogen) atoms. The van der Waals surface area contributed by atoms with Crippen LogP contribution < -0.4 is 10.6 Å². The first-order valence-corrected chi connectivity index (χ1v) is 14.5. The van der Waals surface area contributed by atoms with Crippen molar-refractivity contribution in [3.05, 3.63) is 113 Å². The Hall–Kier alpha value is -2.41. The van der Waals surface area contributed by atoms with Crippen molar-refractivity contribution in [1.29, 1.82) is 0 Å². The number of nitrogens with zero attached hydrogens (tertiary/aromatic N) is 1. The molecule has 3 aromatic rings. The molecule has 0 N–H and O–H groups in total. The van der Waals surface area contributed by atoms with E-state index in [0.717, 1.165) is 25.9 Å². The molecule has 0 aromatic heterocycles. The second-order valence-electron chi connectivity index (χ2n) is 8.70. The summed E-state index contributed by atoms with van der Waals surface area (Å²) in [6.45, 7) is 2.29. The average Bonchev–Trinajstić information content (AvgIpc) is 3.29. The third kappa shape index (κ3) is 4.15. The third-order valence-electron chi connectivity index (χ3n) is 6.64. The Morgan fingerprint density at radius 2 is 1.19 bits per heavy atom. The molecular weight excluding hydrogens is 425 g/mol. The molecule has 0 unspecified atom stereocenters. The fraction of sp³-hybridized carbons (Fsp3) is 0.241. The maximum atomic E-state index is 6.76. The molecule has 3 aromatic carbocycles. The Morgan fingerprint density at radius 1 is 0.656 bits per heavy atom. The quantitative estimate of drug-likeness (QED) is 0.394. The normalized spacial score (nSPS) is 18.4. The predicted octanol–water partition coefficient (Wildman–Crippen LogP) is 6.69. The van der Waals surface area contributed by atoms with Gasteiger partial charge >= 0.3 is 0 Å². The van der Waals surface area contributed by atoms with E-state index in [1.54, 1.807) is 0 Å². The van der Waals surface area contributed by atoms with Crippen LogP contribution in [0.5, 0.6) is 0 Å². The molecule has 1 aliphatic carbocycles. The fourth-order valence-corrected chi connectivity index (χ4v) is 9.49. The van der Waals surface area contributed by atoms with Crippen LogP contribution in [0.4, 0.5) is 0 Å². The van der Waals surface area contributed by atoms with Crippen LogP contribution in [-0.2, 0) is 11.8 Å². The van der Waals surface area contributed by atoms with Crippen LogP contribution in [0.2, 0.25) is 0 Å². The van der Waals surface area contributed by atoms with Gasteiger partial charge in [0.25, 0.3) is 0 Å². The van der Waals surface area contributed by atoms with E-state index < -0.39 is 6.04 Å². The zero-order valence-corrected chi connectivity index (χ0v) is 20.2. The van der Waals surface area contributed by atoms with Crippen molar-refractivity contribution in [2.24, 2.45) is 0 Å². The summed E-state index contributed by atoms with van der Waals surface area (Å²) in [5.74, 6) is 0. The van der Waals surface area contributed by atoms with Crippen molar-refractivity contribution in [2.75, 3.05) is 13.1 Å². The van der Waals surface area contributed by atoms with E-state index >= 15 is 0 Å². The molecule has 0 atom stereocenters. The standard InChI is InChI=1S/C29H30NPS/c32-31(26-15-7-2-8-16-26,27-17-9-3-10-18-27)28-20-19-25(23-24-13-5-1-6-14-24)29(28)30-21-11-4-12-22-30/h1-3,5-10,13-18,23H,4,11-12,19-22H2. The molecule has 162 valence electrons. The maximum absolute atomic E-state index is 6.76. The number of piperidine rings is 1. The minimum atomic E-state index is -2.11. The van der Waals surface area contributed by atoms with Crippen LogP contribution >= 0.6 is 6.04 Å². The molecule has 0 saturated carbocycles. The van der Waals surface area contributed by atoms with Crippen LogP contribution in [-0.4, -0.2) is 18.0 Å². The molecule has 1 nitrogen and oxygen atoms in total. The zero-order valence-electron chi connectivity index (χ0n) is 18.5. The lowest BCUT2D eigenvalue weighted by molar-refractivity contribution is 0.290. The number of benzene rings is 3. The molecule has 0 amide bonds. The monoisotopic (exact) mass is 455 g/mol. The van der Waals surface area contributed by atoms with E-state index in [2.05, 4.69) is 102 Å². The molecule has 0 spiro atoms. The molecule has 0 bridgehead atoms. The minimum absolute atomic E-state index is 1.06. The highest BCUT2D eigenvalue weighted by molar-refractivity contribution is 8.24. The van der Waals surface area contributed by atoms with E-state index in [-0.39, 0.29) is 0 Å². The van der Waals surface area contributed by atoms with E-state index in [4.69, 9.17) is 11.8 Å². The van der Waals surface area contributed by atoms with Crippen LogP contribution in [0, 0.1) is 0 Å². The molecule has 3 heteroatoms. The van der Waals surface area contributed by atoms with Crippen molar-refractivity contribution in [3.8, 4) is 0 Å². The van der Waals surface area contributed by atoms with Gasteiger partial charge in [0.1, 0.15) is 0 Å². The highest BCUT2D eigenvalue weighted by Gasteiger charge is 2.36. The average molecular weight is 456 g/mol. The predicted molar refractivity (Wildman–Crippen MR) is 143 cm³/mol. The lowest BCUT2D eigenvalue weighted by atomic mass is 10.1. The highest BCUT2D eigenvalue weighted by Crippen LogP contribution is 2.59. The number of likely N-dealkylation sites (tertiary alicyclic amines) is 1. The molecular formula is C29H30NPS. The molecule has 0 radical (unpaired) electrons. The summed E-state index contributed by atoms with van der Waals surface area (Å²) in [5, 5.41) is 4.13. The van der Waals surface area contributed by atoms with E-state index in [1.807, 2.05) is 0 Å². The second kappa shape index (κ2) is 9.61. The van der Waals surface area contributed by atoms with Crippen LogP contribution in [0.25, 0.3) is 6.08 Å². The number of hydrogen-bond acceptors (Lipinski definition) is 2. The summed E-state index contributed by atoms with van der Waals surface area (Å²) >= 11 is 6.76. The summed E-state index contributed by atoms with van der Waals surface area (Å²) in [7, 11) is 0. The first-order valence-electron chi connectivity index (χ1n) is 11.7. The molecule has 2 aliphatic rings. The van der Waals surface area contributed by atoms with E-state index in [1.165, 1.54) is 52.0 Å². The van der Waals surface area contributed by atoms with Crippen LogP contribution in [0.3, 0.4) is 0 Å². The Bertz CT molecular complexity index is 1120. The Balaban J connectivity index is 1.73. The summed E-state index contributed by atoms with van der Waals surface area (Å²) in [6.07, 6.45) is 8.43. The summed E-state index contributed by atoms with van der Waals surface area (Å²) < 4.78 is 0. The molecule has 1 saturated heterocycles. The zero-order chi connectivity index (χ0) is 21.8. The van der Waals surface area contributed by atoms with Gasteiger partial charge in [-0.25, -0.2) is 0 Å². The molecule has 1 heterocycles. The third-order valence-corrected chi connectivity index (χ3v) is 11.8. The van der Waals surface area contributed by atoms with Gasteiger partial charge < -0.3 is 4.90 Å². The van der Waals surface area contributed by atoms with Gasteiger partial charge in [-0.2, -0.15) is 0 Å². The van der Waals surface area contributed by atoms with Gasteiger partial charge in [0.15, 0.2) is 0 Å². The van der Waals surface area contributed by atoms with Gasteiger partial charge in [0.05, 0.1) is 0 Å². The summed E-state index contributed by atoms with van der Waals surface area (Å²) in [4.78, 5) is 2.66. The smallest absolute Gasteiger partial charge is 0.0450 e. The number of hydrogen-bond donors (Lipinski definition) is 0. The van der Waals surface area contributed by atoms with Gasteiger partial charge in [-0.3, -0.25) is 0 Å². The first-order chi connectivity index (χ1) is 15.8. The SMILES string of the molecule is S=P(C1=C(N2CCCCC2)C(=Cc2ccccc2)CC1)(c1ccccc1)c1ccccc1. The van der Waals surface area contributed by atoms with E-state index in [9.17, 15) is 0 Å². The van der Waals surface area contributed by atoms with Crippen molar-refractivity contribution in [2.45, 2.75) is 32.1 Å². The maximum Gasteiger partial charge on any atom is 0.0450 e. The topological polar surface area (TPSA) is 3.24 Å². The molecule has 5 rings (SSSR count). The summed E-state index contributed by atoms with van der Waals surface area (Å²) in [5.41, 5.74) is 4.21.